The number of benzene rings is 2. The van der Waals surface area contributed by atoms with Gasteiger partial charge in [0.25, 0.3) is 0 Å². The van der Waals surface area contributed by atoms with E-state index in [2.05, 4.69) is 66.8 Å². The van der Waals surface area contributed by atoms with E-state index in [0.717, 1.165) is 40.6 Å². The molecule has 0 unspecified atom stereocenters. The Morgan fingerprint density at radius 2 is 1.87 bits per heavy atom. The summed E-state index contributed by atoms with van der Waals surface area (Å²) < 4.78 is 7.39. The van der Waals surface area contributed by atoms with Crippen molar-refractivity contribution >= 4 is 17.7 Å². The lowest BCUT2D eigenvalue weighted by Crippen LogP contribution is -2.01. The monoisotopic (exact) mass is 418 g/mol. The van der Waals surface area contributed by atoms with Gasteiger partial charge in [-0.25, -0.2) is 4.98 Å². The van der Waals surface area contributed by atoms with E-state index in [1.165, 1.54) is 11.1 Å². The molecule has 4 heteroatoms. The minimum Gasteiger partial charge on any atom is -0.380 e. The van der Waals surface area contributed by atoms with Gasteiger partial charge in [-0.05, 0) is 48.2 Å². The molecular weight excluding hydrogens is 392 g/mol. The topological polar surface area (TPSA) is 27.1 Å². The predicted molar refractivity (Wildman–Crippen MR) is 127 cm³/mol. The lowest BCUT2D eigenvalue weighted by molar-refractivity contribution is 0.185. The second-order valence-corrected chi connectivity index (χ2v) is 7.56. The number of allylic oxidation sites excluding steroid dienone is 4. The highest BCUT2D eigenvalue weighted by molar-refractivity contribution is 6.30. The largest absolute Gasteiger partial charge is 0.380 e. The van der Waals surface area contributed by atoms with E-state index in [0.29, 0.717) is 6.61 Å². The van der Waals surface area contributed by atoms with Gasteiger partial charge in [-0.2, -0.15) is 0 Å². The predicted octanol–water partition coefficient (Wildman–Crippen LogP) is 6.85. The van der Waals surface area contributed by atoms with Crippen LogP contribution in [0.4, 0.5) is 0 Å². The van der Waals surface area contributed by atoms with Crippen LogP contribution in [0.5, 0.6) is 0 Å². The Kier molecular flexibility index (Phi) is 7.83. The summed E-state index contributed by atoms with van der Waals surface area (Å²) in [6.07, 6.45) is 12.9. The summed E-state index contributed by atoms with van der Waals surface area (Å²) in [7, 11) is 1.71. The third kappa shape index (κ3) is 5.82. The van der Waals surface area contributed by atoms with Crippen LogP contribution < -0.4 is 0 Å². The third-order valence-corrected chi connectivity index (χ3v) is 5.01. The maximum atomic E-state index is 6.13. The molecule has 2 aromatic carbocycles. The molecule has 0 bridgehead atoms. The van der Waals surface area contributed by atoms with Crippen molar-refractivity contribution in [3.63, 3.8) is 0 Å². The maximum Gasteiger partial charge on any atom is 0.133 e. The van der Waals surface area contributed by atoms with E-state index in [9.17, 15) is 0 Å². The van der Waals surface area contributed by atoms with Crippen molar-refractivity contribution < 1.29 is 4.74 Å². The lowest BCUT2D eigenvalue weighted by Gasteiger charge is -2.07. The van der Waals surface area contributed by atoms with Gasteiger partial charge in [0, 0.05) is 30.4 Å². The standard InChI is InChI=1S/C26H27ClN2O/c1-4-5-6-7-8-9-26-28-25(24-15-14-23(27)16-20(24)2)18-29(26)17-21-10-12-22(13-11-21)19-30-3/h4-6,8-16,18H,1,7,17,19H2,2-3H3/b6-5+,9-8?. The zero-order valence-electron chi connectivity index (χ0n) is 17.5. The first-order chi connectivity index (χ1) is 14.6. The van der Waals surface area contributed by atoms with E-state index in [4.69, 9.17) is 21.3 Å². The summed E-state index contributed by atoms with van der Waals surface area (Å²) in [6.45, 7) is 7.13. The van der Waals surface area contributed by atoms with Gasteiger partial charge in [-0.1, -0.05) is 72.8 Å². The number of hydrogen-bond donors (Lipinski definition) is 0. The SMILES string of the molecule is C=C/C=C/CC=Cc1nc(-c2ccc(Cl)cc2C)cn1Cc1ccc(COC)cc1. The molecule has 0 N–H and O–H groups in total. The number of methoxy groups -OCH3 is 1. The van der Waals surface area contributed by atoms with Crippen LogP contribution in [0.1, 0.15) is 28.9 Å². The molecule has 0 aliphatic rings. The van der Waals surface area contributed by atoms with Crippen LogP contribution in [0.15, 0.2) is 79.5 Å². The summed E-state index contributed by atoms with van der Waals surface area (Å²) in [6, 6.07) is 14.4. The zero-order valence-corrected chi connectivity index (χ0v) is 18.3. The quantitative estimate of drug-likeness (QED) is 0.355. The highest BCUT2D eigenvalue weighted by Crippen LogP contribution is 2.26. The first-order valence-electron chi connectivity index (χ1n) is 9.95. The van der Waals surface area contributed by atoms with Crippen molar-refractivity contribution in [3.8, 4) is 11.3 Å². The minimum atomic E-state index is 0.623. The number of nitrogens with zero attached hydrogens (tertiary/aromatic N) is 2. The van der Waals surface area contributed by atoms with Crippen LogP contribution in [0, 0.1) is 6.92 Å². The van der Waals surface area contributed by atoms with Crippen molar-refractivity contribution in [2.24, 2.45) is 0 Å². The van der Waals surface area contributed by atoms with E-state index >= 15 is 0 Å². The molecule has 154 valence electrons. The summed E-state index contributed by atoms with van der Waals surface area (Å²) in [4.78, 5) is 4.90. The van der Waals surface area contributed by atoms with Gasteiger partial charge in [0.1, 0.15) is 5.82 Å². The number of rotatable bonds is 9. The maximum absolute atomic E-state index is 6.13. The number of hydrogen-bond acceptors (Lipinski definition) is 2. The Morgan fingerprint density at radius 1 is 1.10 bits per heavy atom. The molecule has 0 radical (unpaired) electrons. The normalized spacial score (nSPS) is 11.6. The first-order valence-corrected chi connectivity index (χ1v) is 10.3. The molecule has 0 spiro atoms. The van der Waals surface area contributed by atoms with Gasteiger partial charge < -0.3 is 9.30 Å². The molecule has 3 rings (SSSR count). The van der Waals surface area contributed by atoms with Gasteiger partial charge in [0.2, 0.25) is 0 Å². The lowest BCUT2D eigenvalue weighted by atomic mass is 10.1. The number of ether oxygens (including phenoxy) is 1. The Hall–Kier alpha value is -2.88. The van der Waals surface area contributed by atoms with E-state index in [1.54, 1.807) is 13.2 Å². The molecule has 1 aromatic heterocycles. The molecule has 0 amide bonds. The highest BCUT2D eigenvalue weighted by Gasteiger charge is 2.11. The smallest absolute Gasteiger partial charge is 0.133 e. The summed E-state index contributed by atoms with van der Waals surface area (Å²) in [5, 5.41) is 0.737. The van der Waals surface area contributed by atoms with Gasteiger partial charge in [0.05, 0.1) is 12.3 Å². The molecule has 1 heterocycles. The fourth-order valence-corrected chi connectivity index (χ4v) is 3.49. The third-order valence-electron chi connectivity index (χ3n) is 4.77. The van der Waals surface area contributed by atoms with Crippen LogP contribution in [0.25, 0.3) is 17.3 Å². The van der Waals surface area contributed by atoms with E-state index in [-0.39, 0.29) is 0 Å². The molecule has 0 aliphatic heterocycles. The van der Waals surface area contributed by atoms with Crippen molar-refractivity contribution in [2.75, 3.05) is 7.11 Å². The number of halogens is 1. The Morgan fingerprint density at radius 3 is 2.57 bits per heavy atom. The summed E-state index contributed by atoms with van der Waals surface area (Å²) in [5.74, 6) is 0.923. The van der Waals surface area contributed by atoms with Gasteiger partial charge >= 0.3 is 0 Å². The molecule has 3 nitrogen and oxygen atoms in total. The zero-order chi connectivity index (χ0) is 21.3. The van der Waals surface area contributed by atoms with Crippen molar-refractivity contribution in [1.29, 1.82) is 0 Å². The molecule has 0 atom stereocenters. The molecule has 0 fully saturated rings. The highest BCUT2D eigenvalue weighted by atomic mass is 35.5. The van der Waals surface area contributed by atoms with Crippen LogP contribution >= 0.6 is 11.6 Å². The second-order valence-electron chi connectivity index (χ2n) is 7.12. The van der Waals surface area contributed by atoms with E-state index < -0.39 is 0 Å². The average molecular weight is 419 g/mol. The van der Waals surface area contributed by atoms with Crippen LogP contribution in [0.2, 0.25) is 5.02 Å². The Labute approximate surface area is 184 Å². The van der Waals surface area contributed by atoms with Gasteiger partial charge in [-0.3, -0.25) is 0 Å². The molecule has 30 heavy (non-hydrogen) atoms. The van der Waals surface area contributed by atoms with Gasteiger partial charge in [-0.15, -0.1) is 0 Å². The fourth-order valence-electron chi connectivity index (χ4n) is 3.27. The number of aryl methyl sites for hydroxylation is 1. The van der Waals surface area contributed by atoms with Crippen molar-refractivity contribution in [3.05, 3.63) is 107 Å². The van der Waals surface area contributed by atoms with Crippen LogP contribution in [-0.2, 0) is 17.9 Å². The molecule has 0 saturated heterocycles. The summed E-state index contributed by atoms with van der Waals surface area (Å²) in [5.41, 5.74) is 5.53. The Balaban J connectivity index is 1.91. The second kappa shape index (κ2) is 10.8. The van der Waals surface area contributed by atoms with Crippen molar-refractivity contribution in [2.45, 2.75) is 26.5 Å². The Bertz CT molecular complexity index is 1050. The molecule has 3 aromatic rings. The first kappa shape index (κ1) is 21.8. The van der Waals surface area contributed by atoms with E-state index in [1.807, 2.05) is 24.3 Å². The molecule has 0 aliphatic carbocycles. The molecular formula is C26H27ClN2O. The number of imidazole rings is 1. The van der Waals surface area contributed by atoms with Gasteiger partial charge in [0.15, 0.2) is 0 Å². The number of aromatic nitrogens is 2. The average Bonchev–Trinajstić information content (AvgIpc) is 3.12. The summed E-state index contributed by atoms with van der Waals surface area (Å²) >= 11 is 6.13. The van der Waals surface area contributed by atoms with Crippen LogP contribution in [-0.4, -0.2) is 16.7 Å². The van der Waals surface area contributed by atoms with Crippen LogP contribution in [0.3, 0.4) is 0 Å². The minimum absolute atomic E-state index is 0.623. The fraction of sp³-hybridized carbons (Fsp3) is 0.192. The molecule has 0 saturated carbocycles. The van der Waals surface area contributed by atoms with Crippen molar-refractivity contribution in [1.82, 2.24) is 9.55 Å².